The molecule has 0 bridgehead atoms. The van der Waals surface area contributed by atoms with Gasteiger partial charge in [-0.25, -0.2) is 0 Å². The molecule has 5 atom stereocenters. The maximum absolute atomic E-state index is 14.8. The molecule has 44 heavy (non-hydrogen) atoms. The maximum Gasteiger partial charge on any atom is 0.264 e. The third kappa shape index (κ3) is 5.19. The van der Waals surface area contributed by atoms with Crippen molar-refractivity contribution in [2.24, 2.45) is 5.92 Å². The summed E-state index contributed by atoms with van der Waals surface area (Å²) >= 11 is 2.29. The number of aliphatic hydroxyl groups is 1. The number of hydrogen-bond donors (Lipinski definition) is 1. The van der Waals surface area contributed by atoms with Gasteiger partial charge in [0, 0.05) is 21.6 Å². The highest BCUT2D eigenvalue weighted by molar-refractivity contribution is 14.1. The van der Waals surface area contributed by atoms with Gasteiger partial charge in [0.25, 0.3) is 5.91 Å². The lowest BCUT2D eigenvalue weighted by atomic mass is 9.82. The fraction of sp³-hybridized carbons (Fsp3) is 0.429. The minimum atomic E-state index is -2.36. The second-order valence-electron chi connectivity index (χ2n) is 13.0. The fourth-order valence-electron chi connectivity index (χ4n) is 8.04. The van der Waals surface area contributed by atoms with Gasteiger partial charge in [-0.15, -0.1) is 0 Å². The number of amides is 2. The summed E-state index contributed by atoms with van der Waals surface area (Å²) in [6, 6.07) is 24.4. The number of para-hydroxylation sites is 1. The number of aliphatic hydroxyl groups excluding tert-OH is 1. The highest BCUT2D eigenvalue weighted by Gasteiger charge is 2.66. The van der Waals surface area contributed by atoms with Crippen molar-refractivity contribution in [1.29, 1.82) is 0 Å². The van der Waals surface area contributed by atoms with E-state index in [1.807, 2.05) is 46.2 Å². The van der Waals surface area contributed by atoms with Crippen LogP contribution in [-0.4, -0.2) is 62.3 Å². The molecule has 3 aliphatic heterocycles. The number of ether oxygens (including phenoxy) is 2. The largest absolute Gasteiger partial charge is 0.497 e. The van der Waals surface area contributed by atoms with Crippen molar-refractivity contribution in [3.8, 4) is 5.75 Å². The molecule has 1 N–H and O–H groups in total. The lowest BCUT2D eigenvalue weighted by molar-refractivity contribution is -0.150. The minimum Gasteiger partial charge on any atom is -0.497 e. The Bertz CT molecular complexity index is 1530. The second kappa shape index (κ2) is 12.2. The predicted octanol–water partition coefficient (Wildman–Crippen LogP) is 5.44. The summed E-state index contributed by atoms with van der Waals surface area (Å²) in [6.07, 6.45) is 1.43. The van der Waals surface area contributed by atoms with Crippen LogP contribution in [0.25, 0.3) is 0 Å². The van der Waals surface area contributed by atoms with Gasteiger partial charge >= 0.3 is 0 Å². The van der Waals surface area contributed by atoms with Crippen LogP contribution in [0, 0.1) is 9.49 Å². The summed E-state index contributed by atoms with van der Waals surface area (Å²) in [5.74, 6) is 0.563. The minimum absolute atomic E-state index is 0.00481. The average Bonchev–Trinajstić information content (AvgIpc) is 3.69. The van der Waals surface area contributed by atoms with Crippen LogP contribution in [-0.2, 0) is 26.5 Å². The third-order valence-electron chi connectivity index (χ3n) is 10.3. The number of anilines is 1. The number of methoxy groups -OCH3 is 1. The van der Waals surface area contributed by atoms with Crippen LogP contribution >= 0.6 is 22.6 Å². The van der Waals surface area contributed by atoms with Crippen LogP contribution in [0.15, 0.2) is 72.8 Å². The Morgan fingerprint density at radius 3 is 2.48 bits per heavy atom. The SMILES string of the molecule is COc1ccc([Si](C)(C)[C@@H]2[C@@H](CC(=O)N3CCC[C@H]3CO)O[C@]3(C(=O)N(Cc4ccc(I)cc4)c4ccccc43)[C@H]2C)cc1. The summed E-state index contributed by atoms with van der Waals surface area (Å²) in [5.41, 5.74) is 1.60. The normalized spacial score (nSPS) is 26.5. The van der Waals surface area contributed by atoms with E-state index in [1.54, 1.807) is 7.11 Å². The van der Waals surface area contributed by atoms with Gasteiger partial charge in [0.05, 0.1) is 52.6 Å². The smallest absolute Gasteiger partial charge is 0.264 e. The van der Waals surface area contributed by atoms with E-state index in [0.29, 0.717) is 13.1 Å². The second-order valence-corrected chi connectivity index (χ2v) is 18.9. The van der Waals surface area contributed by atoms with E-state index in [-0.39, 0.29) is 42.3 Å². The molecule has 0 aromatic heterocycles. The van der Waals surface area contributed by atoms with Crippen molar-refractivity contribution in [1.82, 2.24) is 4.90 Å². The number of fused-ring (bicyclic) bond motifs is 2. The van der Waals surface area contributed by atoms with Crippen LogP contribution < -0.4 is 14.8 Å². The first-order valence-electron chi connectivity index (χ1n) is 15.5. The lowest BCUT2D eigenvalue weighted by Crippen LogP contribution is -2.52. The Labute approximate surface area is 274 Å². The van der Waals surface area contributed by atoms with Gasteiger partial charge in [0.2, 0.25) is 5.91 Å². The number of likely N-dealkylation sites (tertiary alicyclic amines) is 1. The first kappa shape index (κ1) is 31.3. The van der Waals surface area contributed by atoms with Crippen LogP contribution in [0.3, 0.4) is 0 Å². The Balaban J connectivity index is 1.42. The molecule has 3 aliphatic rings. The molecule has 3 aromatic rings. The quantitative estimate of drug-likeness (QED) is 0.248. The van der Waals surface area contributed by atoms with Crippen LogP contribution in [0.1, 0.15) is 37.3 Å². The maximum atomic E-state index is 14.8. The molecule has 3 heterocycles. The summed E-state index contributed by atoms with van der Waals surface area (Å²) in [7, 11) is -0.693. The van der Waals surface area contributed by atoms with Gasteiger partial charge in [-0.2, -0.15) is 0 Å². The highest BCUT2D eigenvalue weighted by atomic mass is 127. The van der Waals surface area contributed by atoms with Crippen molar-refractivity contribution < 1.29 is 24.2 Å². The molecule has 0 aliphatic carbocycles. The van der Waals surface area contributed by atoms with Crippen LogP contribution in [0.2, 0.25) is 18.6 Å². The monoisotopic (exact) mass is 724 g/mol. The Morgan fingerprint density at radius 1 is 1.09 bits per heavy atom. The molecule has 7 nitrogen and oxygen atoms in total. The molecule has 2 saturated heterocycles. The van der Waals surface area contributed by atoms with E-state index in [0.717, 1.165) is 39.0 Å². The molecule has 2 amide bonds. The fourth-order valence-corrected chi connectivity index (χ4v) is 12.4. The number of benzene rings is 3. The molecule has 0 radical (unpaired) electrons. The van der Waals surface area contributed by atoms with Gasteiger partial charge in [0.1, 0.15) is 5.75 Å². The van der Waals surface area contributed by atoms with Gasteiger partial charge in [0.15, 0.2) is 5.60 Å². The van der Waals surface area contributed by atoms with Gasteiger partial charge < -0.3 is 24.4 Å². The Morgan fingerprint density at radius 2 is 1.80 bits per heavy atom. The zero-order valence-electron chi connectivity index (χ0n) is 25.8. The van der Waals surface area contributed by atoms with E-state index < -0.39 is 19.8 Å². The number of carbonyl (C=O) groups is 2. The van der Waals surface area contributed by atoms with E-state index in [4.69, 9.17) is 9.47 Å². The zero-order chi connectivity index (χ0) is 31.2. The average molecular weight is 725 g/mol. The molecule has 2 fully saturated rings. The summed E-state index contributed by atoms with van der Waals surface area (Å²) in [6.45, 7) is 7.88. The Kier molecular flexibility index (Phi) is 8.68. The molecule has 0 unspecified atom stereocenters. The van der Waals surface area contributed by atoms with E-state index in [1.165, 1.54) is 5.19 Å². The van der Waals surface area contributed by atoms with Crippen molar-refractivity contribution in [2.75, 3.05) is 25.2 Å². The number of halogens is 1. The van der Waals surface area contributed by atoms with Crippen molar-refractivity contribution in [2.45, 2.75) is 69.1 Å². The number of carbonyl (C=O) groups excluding carboxylic acids is 2. The molecule has 9 heteroatoms. The van der Waals surface area contributed by atoms with Crippen molar-refractivity contribution in [3.05, 3.63) is 87.5 Å². The molecule has 1 spiro atoms. The van der Waals surface area contributed by atoms with Crippen LogP contribution in [0.5, 0.6) is 5.75 Å². The standard InChI is InChI=1S/C35H41IN2O5Si/c1-23-33(44(3,4)28-17-15-27(42-2)16-18-28)31(20-32(40)37-19-7-8-26(37)22-39)43-35(23)29-9-5-6-10-30(29)38(34(35)41)21-24-11-13-25(36)14-12-24/h5-6,9-18,23,26,31,33,39H,7-8,19-22H2,1-4H3/t23-,26-,31+,33-,35+/m0/s1. The Hall–Kier alpha value is -2.73. The molecule has 232 valence electrons. The molecular weight excluding hydrogens is 683 g/mol. The third-order valence-corrected chi connectivity index (χ3v) is 15.4. The van der Waals surface area contributed by atoms with Gasteiger partial charge in [-0.1, -0.05) is 67.7 Å². The first-order valence-corrected chi connectivity index (χ1v) is 19.7. The number of nitrogens with zero attached hydrogens (tertiary/aromatic N) is 2. The summed E-state index contributed by atoms with van der Waals surface area (Å²) in [5, 5.41) is 11.2. The first-order chi connectivity index (χ1) is 21.1. The van der Waals surface area contributed by atoms with E-state index in [2.05, 4.69) is 79.0 Å². The topological polar surface area (TPSA) is 79.3 Å². The summed E-state index contributed by atoms with van der Waals surface area (Å²) in [4.78, 5) is 32.4. The van der Waals surface area contributed by atoms with E-state index in [9.17, 15) is 14.7 Å². The number of hydrogen-bond acceptors (Lipinski definition) is 5. The van der Waals surface area contributed by atoms with Gasteiger partial charge in [-0.05, 0) is 76.9 Å². The molecule has 3 aromatic carbocycles. The number of rotatable bonds is 8. The van der Waals surface area contributed by atoms with Gasteiger partial charge in [-0.3, -0.25) is 9.59 Å². The lowest BCUT2D eigenvalue weighted by Gasteiger charge is -2.37. The van der Waals surface area contributed by atoms with E-state index >= 15 is 0 Å². The van der Waals surface area contributed by atoms with Crippen molar-refractivity contribution in [3.63, 3.8) is 0 Å². The summed E-state index contributed by atoms with van der Waals surface area (Å²) < 4.78 is 13.7. The zero-order valence-corrected chi connectivity index (χ0v) is 29.0. The molecule has 0 saturated carbocycles. The van der Waals surface area contributed by atoms with Crippen LogP contribution in [0.4, 0.5) is 5.69 Å². The van der Waals surface area contributed by atoms with Crippen molar-refractivity contribution >= 4 is 53.4 Å². The predicted molar refractivity (Wildman–Crippen MR) is 183 cm³/mol. The highest BCUT2D eigenvalue weighted by Crippen LogP contribution is 2.60. The molecular formula is C35H41IN2O5Si. The molecule has 6 rings (SSSR count).